The molecule has 0 bridgehead atoms. The highest BCUT2D eigenvalue weighted by Gasteiger charge is 2.30. The van der Waals surface area contributed by atoms with E-state index in [1.807, 2.05) is 4.90 Å². The largest absolute Gasteiger partial charge is 0.416 e. The first kappa shape index (κ1) is 21.2. The molecule has 0 saturated carbocycles. The van der Waals surface area contributed by atoms with Crippen molar-refractivity contribution in [1.29, 1.82) is 0 Å². The SMILES string of the molecule is OC[C@H]1CCN(c2cc(-c3ccc(C(F)(F)F)cc3)nc(-c3cccnc3)n2)C[C@H]1O. The number of nitrogens with zero attached hydrogens (tertiary/aromatic N) is 4. The van der Waals surface area contributed by atoms with Gasteiger partial charge in [0.15, 0.2) is 5.82 Å². The highest BCUT2D eigenvalue weighted by molar-refractivity contribution is 5.68. The van der Waals surface area contributed by atoms with Gasteiger partial charge in [-0.15, -0.1) is 0 Å². The molecule has 1 aliphatic heterocycles. The van der Waals surface area contributed by atoms with E-state index in [0.717, 1.165) is 12.1 Å². The number of pyridine rings is 1. The van der Waals surface area contributed by atoms with E-state index in [1.54, 1.807) is 30.6 Å². The lowest BCUT2D eigenvalue weighted by atomic mass is 9.95. The first-order chi connectivity index (χ1) is 14.8. The van der Waals surface area contributed by atoms with Crippen LogP contribution < -0.4 is 4.90 Å². The summed E-state index contributed by atoms with van der Waals surface area (Å²) in [6.07, 6.45) is -1.28. The van der Waals surface area contributed by atoms with E-state index in [-0.39, 0.29) is 12.5 Å². The number of hydrogen-bond donors (Lipinski definition) is 2. The Kier molecular flexibility index (Phi) is 5.88. The molecule has 162 valence electrons. The maximum Gasteiger partial charge on any atom is 0.416 e. The van der Waals surface area contributed by atoms with Gasteiger partial charge in [0, 0.05) is 55.2 Å². The predicted octanol–water partition coefficient (Wildman–Crippen LogP) is 3.40. The smallest absolute Gasteiger partial charge is 0.396 e. The van der Waals surface area contributed by atoms with Gasteiger partial charge in [-0.1, -0.05) is 12.1 Å². The van der Waals surface area contributed by atoms with Crippen molar-refractivity contribution in [2.24, 2.45) is 5.92 Å². The maximum atomic E-state index is 12.9. The van der Waals surface area contributed by atoms with Gasteiger partial charge in [0.05, 0.1) is 17.4 Å². The van der Waals surface area contributed by atoms with Crippen LogP contribution in [0.3, 0.4) is 0 Å². The van der Waals surface area contributed by atoms with Crippen molar-refractivity contribution in [2.45, 2.75) is 18.7 Å². The van der Waals surface area contributed by atoms with Gasteiger partial charge in [-0.3, -0.25) is 4.98 Å². The zero-order valence-electron chi connectivity index (χ0n) is 16.5. The second-order valence-electron chi connectivity index (χ2n) is 7.50. The monoisotopic (exact) mass is 430 g/mol. The van der Waals surface area contributed by atoms with Gasteiger partial charge < -0.3 is 15.1 Å². The van der Waals surface area contributed by atoms with Crippen LogP contribution in [-0.4, -0.2) is 51.0 Å². The summed E-state index contributed by atoms with van der Waals surface area (Å²) in [5.74, 6) is 0.753. The first-order valence-corrected chi connectivity index (χ1v) is 9.86. The Balaban J connectivity index is 1.74. The van der Waals surface area contributed by atoms with Gasteiger partial charge in [0.2, 0.25) is 0 Å². The Labute approximate surface area is 177 Å². The molecule has 9 heteroatoms. The number of anilines is 1. The van der Waals surface area contributed by atoms with E-state index in [0.29, 0.717) is 48.0 Å². The number of hydrogen-bond acceptors (Lipinski definition) is 6. The molecule has 2 N–H and O–H groups in total. The summed E-state index contributed by atoms with van der Waals surface area (Å²) in [6.45, 7) is 0.788. The molecule has 0 unspecified atom stereocenters. The van der Waals surface area contributed by atoms with Crippen LogP contribution in [0.15, 0.2) is 54.9 Å². The molecule has 3 heterocycles. The van der Waals surface area contributed by atoms with Gasteiger partial charge in [-0.25, -0.2) is 9.97 Å². The lowest BCUT2D eigenvalue weighted by Crippen LogP contribution is -2.45. The number of aromatic nitrogens is 3. The van der Waals surface area contributed by atoms with Crippen LogP contribution in [-0.2, 0) is 6.18 Å². The lowest BCUT2D eigenvalue weighted by Gasteiger charge is -2.36. The topological polar surface area (TPSA) is 82.4 Å². The average Bonchev–Trinajstić information content (AvgIpc) is 2.79. The molecule has 1 aliphatic rings. The van der Waals surface area contributed by atoms with Crippen LogP contribution in [0.4, 0.5) is 19.0 Å². The number of aliphatic hydroxyl groups excluding tert-OH is 2. The van der Waals surface area contributed by atoms with Gasteiger partial charge in [0.1, 0.15) is 5.82 Å². The van der Waals surface area contributed by atoms with Crippen LogP contribution in [0.2, 0.25) is 0 Å². The first-order valence-electron chi connectivity index (χ1n) is 9.86. The third-order valence-corrected chi connectivity index (χ3v) is 5.42. The summed E-state index contributed by atoms with van der Waals surface area (Å²) in [5, 5.41) is 19.7. The third-order valence-electron chi connectivity index (χ3n) is 5.42. The molecular weight excluding hydrogens is 409 g/mol. The number of rotatable bonds is 4. The maximum absolute atomic E-state index is 12.9. The van der Waals surface area contributed by atoms with Crippen molar-refractivity contribution in [3.8, 4) is 22.6 Å². The molecule has 31 heavy (non-hydrogen) atoms. The van der Waals surface area contributed by atoms with Crippen LogP contribution in [0.5, 0.6) is 0 Å². The second-order valence-corrected chi connectivity index (χ2v) is 7.50. The fraction of sp³-hybridized carbons (Fsp3) is 0.318. The Bertz CT molecular complexity index is 1030. The lowest BCUT2D eigenvalue weighted by molar-refractivity contribution is -0.137. The second kappa shape index (κ2) is 8.60. The molecule has 0 aliphatic carbocycles. The summed E-state index contributed by atoms with van der Waals surface area (Å²) >= 11 is 0. The van der Waals surface area contributed by atoms with Crippen molar-refractivity contribution in [2.75, 3.05) is 24.6 Å². The zero-order chi connectivity index (χ0) is 22.0. The Morgan fingerprint density at radius 2 is 1.84 bits per heavy atom. The van der Waals surface area contributed by atoms with E-state index < -0.39 is 17.8 Å². The third kappa shape index (κ3) is 4.67. The van der Waals surface area contributed by atoms with E-state index in [4.69, 9.17) is 0 Å². The van der Waals surface area contributed by atoms with Crippen molar-refractivity contribution < 1.29 is 23.4 Å². The van der Waals surface area contributed by atoms with Crippen LogP contribution in [0.25, 0.3) is 22.6 Å². The minimum Gasteiger partial charge on any atom is -0.396 e. The molecule has 1 aromatic carbocycles. The molecule has 0 radical (unpaired) electrons. The van der Waals surface area contributed by atoms with Crippen molar-refractivity contribution in [1.82, 2.24) is 15.0 Å². The van der Waals surface area contributed by atoms with E-state index in [9.17, 15) is 23.4 Å². The van der Waals surface area contributed by atoms with E-state index >= 15 is 0 Å². The summed E-state index contributed by atoms with van der Waals surface area (Å²) in [5.41, 5.74) is 0.930. The highest BCUT2D eigenvalue weighted by atomic mass is 19.4. The number of piperidine rings is 1. The normalized spacial score (nSPS) is 19.5. The fourth-order valence-electron chi connectivity index (χ4n) is 3.60. The number of benzene rings is 1. The number of halogens is 3. The van der Waals surface area contributed by atoms with E-state index in [2.05, 4.69) is 15.0 Å². The van der Waals surface area contributed by atoms with Crippen molar-refractivity contribution in [3.05, 3.63) is 60.4 Å². The van der Waals surface area contributed by atoms with Crippen LogP contribution in [0, 0.1) is 5.92 Å². The number of aliphatic hydroxyl groups is 2. The highest BCUT2D eigenvalue weighted by Crippen LogP contribution is 2.32. The predicted molar refractivity (Wildman–Crippen MR) is 109 cm³/mol. The molecule has 6 nitrogen and oxygen atoms in total. The van der Waals surface area contributed by atoms with Crippen LogP contribution in [0.1, 0.15) is 12.0 Å². The van der Waals surface area contributed by atoms with Gasteiger partial charge in [-0.05, 0) is 30.7 Å². The van der Waals surface area contributed by atoms with Gasteiger partial charge >= 0.3 is 6.18 Å². The molecule has 3 aromatic rings. The quantitative estimate of drug-likeness (QED) is 0.660. The number of alkyl halides is 3. The molecule has 4 rings (SSSR count). The molecule has 2 aromatic heterocycles. The zero-order valence-corrected chi connectivity index (χ0v) is 16.5. The minimum atomic E-state index is -4.41. The van der Waals surface area contributed by atoms with Crippen LogP contribution >= 0.6 is 0 Å². The number of β-amino-alcohol motifs (C(OH)–C–C–N with tert-alkyl or cyclic N) is 1. The van der Waals surface area contributed by atoms with Crippen molar-refractivity contribution in [3.63, 3.8) is 0 Å². The minimum absolute atomic E-state index is 0.0868. The summed E-state index contributed by atoms with van der Waals surface area (Å²) in [7, 11) is 0. The van der Waals surface area contributed by atoms with Crippen molar-refractivity contribution >= 4 is 5.82 Å². The Morgan fingerprint density at radius 1 is 1.06 bits per heavy atom. The van der Waals surface area contributed by atoms with Gasteiger partial charge in [-0.2, -0.15) is 13.2 Å². The standard InChI is InChI=1S/C22H21F3N4O2/c23-22(24,25)17-5-3-14(4-6-17)18-10-20(29-9-7-16(13-30)19(31)12-29)28-21(27-18)15-2-1-8-26-11-15/h1-6,8,10-11,16,19,30-31H,7,9,12-13H2/t16-,19-/m1/s1. The van der Waals surface area contributed by atoms with Gasteiger partial charge in [0.25, 0.3) is 0 Å². The molecule has 0 amide bonds. The summed E-state index contributed by atoms with van der Waals surface area (Å²) in [4.78, 5) is 15.2. The Morgan fingerprint density at radius 3 is 2.45 bits per heavy atom. The molecule has 2 atom stereocenters. The fourth-order valence-corrected chi connectivity index (χ4v) is 3.60. The Hall–Kier alpha value is -3.04. The molecular formula is C22H21F3N4O2. The average molecular weight is 430 g/mol. The molecule has 1 fully saturated rings. The van der Waals surface area contributed by atoms with E-state index in [1.165, 1.54) is 12.1 Å². The summed E-state index contributed by atoms with van der Waals surface area (Å²) in [6, 6.07) is 10.1. The molecule has 0 spiro atoms. The molecule has 1 saturated heterocycles. The summed E-state index contributed by atoms with van der Waals surface area (Å²) < 4.78 is 38.8.